The number of carbonyl (C=O) groups excluding carboxylic acids is 1. The van der Waals surface area contributed by atoms with E-state index in [2.05, 4.69) is 6.92 Å². The van der Waals surface area contributed by atoms with Crippen molar-refractivity contribution in [2.45, 2.75) is 52.1 Å². The molecule has 0 aliphatic heterocycles. The van der Waals surface area contributed by atoms with Gasteiger partial charge in [0.1, 0.15) is 11.9 Å². The van der Waals surface area contributed by atoms with Crippen LogP contribution < -0.4 is 4.74 Å². The molecule has 0 fully saturated rings. The number of aryl methyl sites for hydroxylation is 1. The van der Waals surface area contributed by atoms with Crippen molar-refractivity contribution in [3.8, 4) is 5.75 Å². The maximum Gasteiger partial charge on any atom is 0.514 e. The van der Waals surface area contributed by atoms with Gasteiger partial charge in [-0.05, 0) is 37.0 Å². The molecular weight excluding hydrogens is 300 g/mol. The molecule has 0 bridgehead atoms. The highest BCUT2D eigenvalue weighted by Crippen LogP contribution is 2.23. The number of para-hydroxylation sites is 1. The van der Waals surface area contributed by atoms with E-state index in [1.54, 1.807) is 0 Å². The van der Waals surface area contributed by atoms with Gasteiger partial charge < -0.3 is 9.47 Å². The van der Waals surface area contributed by atoms with Crippen molar-refractivity contribution in [3.63, 3.8) is 0 Å². The van der Waals surface area contributed by atoms with Crippen LogP contribution in [0, 0.1) is 0 Å². The second-order valence-corrected chi connectivity index (χ2v) is 5.94. The van der Waals surface area contributed by atoms with Gasteiger partial charge in [-0.2, -0.15) is 0 Å². The van der Waals surface area contributed by atoms with E-state index in [-0.39, 0.29) is 6.10 Å². The topological polar surface area (TPSA) is 35.5 Å². The fraction of sp³-hybridized carbons (Fsp3) is 0.381. The standard InChI is InChI=1S/C21H26O3/c1-3-4-5-7-14-19-15-10-11-16-20(19)24-21(22)23-17(2)18-12-8-6-9-13-18/h6,8-13,15-17H,3-5,7,14H2,1-2H3. The van der Waals surface area contributed by atoms with E-state index in [4.69, 9.17) is 9.47 Å². The third-order valence-electron chi connectivity index (χ3n) is 4.01. The lowest BCUT2D eigenvalue weighted by molar-refractivity contribution is 0.0652. The van der Waals surface area contributed by atoms with Crippen LogP contribution in [0.1, 0.15) is 56.8 Å². The Kier molecular flexibility index (Phi) is 7.34. The highest BCUT2D eigenvalue weighted by atomic mass is 16.7. The van der Waals surface area contributed by atoms with E-state index >= 15 is 0 Å². The van der Waals surface area contributed by atoms with Crippen molar-refractivity contribution in [3.05, 3.63) is 65.7 Å². The smallest absolute Gasteiger partial charge is 0.426 e. The Bertz CT molecular complexity index is 622. The van der Waals surface area contributed by atoms with Crippen LogP contribution in [0.4, 0.5) is 4.79 Å². The Morgan fingerprint density at radius 1 is 0.958 bits per heavy atom. The molecule has 2 rings (SSSR count). The zero-order valence-electron chi connectivity index (χ0n) is 14.5. The van der Waals surface area contributed by atoms with Gasteiger partial charge in [-0.3, -0.25) is 0 Å². The third kappa shape index (κ3) is 5.73. The Labute approximate surface area is 144 Å². The van der Waals surface area contributed by atoms with Crippen molar-refractivity contribution >= 4 is 6.16 Å². The summed E-state index contributed by atoms with van der Waals surface area (Å²) in [6.45, 7) is 4.04. The van der Waals surface area contributed by atoms with Gasteiger partial charge in [0.2, 0.25) is 0 Å². The van der Waals surface area contributed by atoms with Gasteiger partial charge in [0, 0.05) is 0 Å². The highest BCUT2D eigenvalue weighted by molar-refractivity contribution is 5.65. The number of benzene rings is 2. The zero-order valence-corrected chi connectivity index (χ0v) is 14.5. The molecular formula is C21H26O3. The summed E-state index contributed by atoms with van der Waals surface area (Å²) in [6.07, 6.45) is 4.66. The quantitative estimate of drug-likeness (QED) is 0.335. The number of rotatable bonds is 8. The Morgan fingerprint density at radius 2 is 1.67 bits per heavy atom. The van der Waals surface area contributed by atoms with Gasteiger partial charge in [0.05, 0.1) is 0 Å². The summed E-state index contributed by atoms with van der Waals surface area (Å²) in [7, 11) is 0. The summed E-state index contributed by atoms with van der Waals surface area (Å²) < 4.78 is 10.8. The normalized spacial score (nSPS) is 11.8. The van der Waals surface area contributed by atoms with Crippen LogP contribution in [0.3, 0.4) is 0 Å². The molecule has 0 aliphatic carbocycles. The van der Waals surface area contributed by atoms with Crippen LogP contribution in [0.15, 0.2) is 54.6 Å². The molecule has 0 heterocycles. The Hall–Kier alpha value is -2.29. The predicted molar refractivity (Wildman–Crippen MR) is 96.3 cm³/mol. The first-order chi connectivity index (χ1) is 11.7. The average Bonchev–Trinajstić information content (AvgIpc) is 2.60. The first-order valence-corrected chi connectivity index (χ1v) is 8.72. The molecule has 24 heavy (non-hydrogen) atoms. The highest BCUT2D eigenvalue weighted by Gasteiger charge is 2.15. The Balaban J connectivity index is 1.91. The van der Waals surface area contributed by atoms with Gasteiger partial charge >= 0.3 is 6.16 Å². The first kappa shape index (κ1) is 18.1. The second-order valence-electron chi connectivity index (χ2n) is 5.94. The molecule has 0 radical (unpaired) electrons. The largest absolute Gasteiger partial charge is 0.514 e. The summed E-state index contributed by atoms with van der Waals surface area (Å²) in [4.78, 5) is 12.1. The fourth-order valence-electron chi connectivity index (χ4n) is 2.60. The summed E-state index contributed by atoms with van der Waals surface area (Å²) in [6, 6.07) is 17.3. The van der Waals surface area contributed by atoms with E-state index in [1.165, 1.54) is 19.3 Å². The maximum atomic E-state index is 12.1. The maximum absolute atomic E-state index is 12.1. The summed E-state index contributed by atoms with van der Waals surface area (Å²) in [5.74, 6) is 0.597. The van der Waals surface area contributed by atoms with Crippen molar-refractivity contribution < 1.29 is 14.3 Å². The molecule has 0 aromatic heterocycles. The van der Waals surface area contributed by atoms with Crippen molar-refractivity contribution in [1.82, 2.24) is 0 Å². The average molecular weight is 326 g/mol. The zero-order chi connectivity index (χ0) is 17.2. The van der Waals surface area contributed by atoms with Crippen molar-refractivity contribution in [2.24, 2.45) is 0 Å². The van der Waals surface area contributed by atoms with E-state index < -0.39 is 6.16 Å². The lowest BCUT2D eigenvalue weighted by Gasteiger charge is -2.14. The molecule has 1 unspecified atom stereocenters. The van der Waals surface area contributed by atoms with Crippen LogP contribution in [0.5, 0.6) is 5.75 Å². The van der Waals surface area contributed by atoms with E-state index in [0.29, 0.717) is 5.75 Å². The van der Waals surface area contributed by atoms with E-state index in [1.807, 2.05) is 61.5 Å². The summed E-state index contributed by atoms with van der Waals surface area (Å²) in [5.41, 5.74) is 2.00. The molecule has 2 aromatic rings. The van der Waals surface area contributed by atoms with Gasteiger partial charge in [0.25, 0.3) is 0 Å². The van der Waals surface area contributed by atoms with Crippen LogP contribution in [-0.2, 0) is 11.2 Å². The molecule has 0 saturated heterocycles. The molecule has 0 spiro atoms. The molecule has 0 amide bonds. The van der Waals surface area contributed by atoms with Crippen LogP contribution in [-0.4, -0.2) is 6.16 Å². The molecule has 2 aromatic carbocycles. The van der Waals surface area contributed by atoms with Crippen molar-refractivity contribution in [2.75, 3.05) is 0 Å². The monoisotopic (exact) mass is 326 g/mol. The lowest BCUT2D eigenvalue weighted by atomic mass is 10.1. The summed E-state index contributed by atoms with van der Waals surface area (Å²) >= 11 is 0. The third-order valence-corrected chi connectivity index (χ3v) is 4.01. The van der Waals surface area contributed by atoms with E-state index in [0.717, 1.165) is 24.0 Å². The summed E-state index contributed by atoms with van der Waals surface area (Å²) in [5, 5.41) is 0. The SMILES string of the molecule is CCCCCCc1ccccc1OC(=O)OC(C)c1ccccc1. The predicted octanol–water partition coefficient (Wildman–Crippen LogP) is 6.09. The van der Waals surface area contributed by atoms with Gasteiger partial charge in [-0.25, -0.2) is 4.79 Å². The fourth-order valence-corrected chi connectivity index (χ4v) is 2.60. The van der Waals surface area contributed by atoms with Gasteiger partial charge in [-0.15, -0.1) is 0 Å². The number of hydrogen-bond donors (Lipinski definition) is 0. The molecule has 0 aliphatic rings. The van der Waals surface area contributed by atoms with Crippen LogP contribution in [0.2, 0.25) is 0 Å². The van der Waals surface area contributed by atoms with Crippen molar-refractivity contribution in [1.29, 1.82) is 0 Å². The Morgan fingerprint density at radius 3 is 2.42 bits per heavy atom. The minimum Gasteiger partial charge on any atom is -0.426 e. The van der Waals surface area contributed by atoms with Crippen LogP contribution in [0.25, 0.3) is 0 Å². The molecule has 0 N–H and O–H groups in total. The molecule has 128 valence electrons. The number of unbranched alkanes of at least 4 members (excludes halogenated alkanes) is 3. The lowest BCUT2D eigenvalue weighted by Crippen LogP contribution is -2.14. The second kappa shape index (κ2) is 9.76. The molecule has 0 saturated carbocycles. The van der Waals surface area contributed by atoms with Gasteiger partial charge in [0.15, 0.2) is 0 Å². The first-order valence-electron chi connectivity index (χ1n) is 8.72. The number of hydrogen-bond acceptors (Lipinski definition) is 3. The van der Waals surface area contributed by atoms with E-state index in [9.17, 15) is 4.79 Å². The van der Waals surface area contributed by atoms with Crippen LogP contribution >= 0.6 is 0 Å². The molecule has 3 nitrogen and oxygen atoms in total. The van der Waals surface area contributed by atoms with Gasteiger partial charge in [-0.1, -0.05) is 74.7 Å². The number of carbonyl (C=O) groups is 1. The number of ether oxygens (including phenoxy) is 2. The minimum atomic E-state index is -0.660. The molecule has 3 heteroatoms. The molecule has 1 atom stereocenters. The minimum absolute atomic E-state index is 0.338.